The van der Waals surface area contributed by atoms with Crippen molar-refractivity contribution in [2.45, 2.75) is 82.1 Å². The van der Waals surface area contributed by atoms with Crippen LogP contribution in [-0.2, 0) is 28.5 Å². The van der Waals surface area contributed by atoms with Gasteiger partial charge >= 0.3 is 6.29 Å². The molecule has 10 nitrogen and oxygen atoms in total. The first-order valence-electron chi connectivity index (χ1n) is 14.7. The summed E-state index contributed by atoms with van der Waals surface area (Å²) in [7, 11) is 0. The number of rotatable bonds is 1. The summed E-state index contributed by atoms with van der Waals surface area (Å²) in [6, 6.07) is 4.48. The van der Waals surface area contributed by atoms with E-state index in [1.54, 1.807) is 11.0 Å². The summed E-state index contributed by atoms with van der Waals surface area (Å²) >= 11 is 0. The minimum atomic E-state index is -3.66. The lowest BCUT2D eigenvalue weighted by Gasteiger charge is -2.40. The van der Waals surface area contributed by atoms with Gasteiger partial charge in [-0.15, -0.1) is 8.78 Å². The molecule has 2 amide bonds. The lowest BCUT2D eigenvalue weighted by molar-refractivity contribution is -0.286. The average Bonchev–Trinajstić information content (AvgIpc) is 3.78. The van der Waals surface area contributed by atoms with Crippen molar-refractivity contribution in [1.82, 2.24) is 5.32 Å². The Hall–Kier alpha value is -2.54. The van der Waals surface area contributed by atoms with Gasteiger partial charge in [-0.3, -0.25) is 9.59 Å². The number of carbonyl (C=O) groups excluding carboxylic acids is 2. The molecule has 5 aliphatic heterocycles. The zero-order valence-electron chi connectivity index (χ0n) is 23.0. The molecule has 41 heavy (non-hydrogen) atoms. The highest BCUT2D eigenvalue weighted by Gasteiger charge is 2.54. The molecular weight excluding hydrogens is 542 g/mol. The van der Waals surface area contributed by atoms with Crippen molar-refractivity contribution in [3.63, 3.8) is 0 Å². The Morgan fingerprint density at radius 2 is 1.24 bits per heavy atom. The highest BCUT2D eigenvalue weighted by molar-refractivity contribution is 6.00. The van der Waals surface area contributed by atoms with Crippen LogP contribution >= 0.6 is 0 Å². The van der Waals surface area contributed by atoms with Gasteiger partial charge in [0.25, 0.3) is 0 Å². The Kier molecular flexibility index (Phi) is 6.49. The highest BCUT2D eigenvalue weighted by Crippen LogP contribution is 2.52. The van der Waals surface area contributed by atoms with Crippen molar-refractivity contribution in [2.75, 3.05) is 44.4 Å². The fourth-order valence-corrected chi connectivity index (χ4v) is 7.62. The molecule has 0 unspecified atom stereocenters. The number of amides is 2. The van der Waals surface area contributed by atoms with E-state index in [2.05, 4.69) is 14.8 Å². The molecule has 0 atom stereocenters. The third kappa shape index (κ3) is 4.76. The van der Waals surface area contributed by atoms with Gasteiger partial charge in [0.2, 0.25) is 11.8 Å². The Balaban J connectivity index is 0.000000156. The van der Waals surface area contributed by atoms with Crippen molar-refractivity contribution < 1.29 is 46.8 Å². The minimum absolute atomic E-state index is 0.0183. The van der Waals surface area contributed by atoms with E-state index in [-0.39, 0.29) is 34.5 Å². The third-order valence-corrected chi connectivity index (χ3v) is 10.1. The molecule has 4 spiro atoms. The lowest BCUT2D eigenvalue weighted by atomic mass is 9.71. The molecule has 0 radical (unpaired) electrons. The number of hydrogen-bond acceptors (Lipinski definition) is 8. The quantitative estimate of drug-likeness (QED) is 0.536. The second-order valence-electron chi connectivity index (χ2n) is 12.3. The zero-order chi connectivity index (χ0) is 28.3. The van der Waals surface area contributed by atoms with Crippen molar-refractivity contribution >= 4 is 17.5 Å². The summed E-state index contributed by atoms with van der Waals surface area (Å²) in [5, 5.41) is 2.94. The number of halogens is 2. The standard InChI is InChI=1S/C18H19F2NO5.C11H17NO3/c19-18(20)25-13-2-1-12(11-14(13)26-18)21-8-7-16(15(21)22)3-5-17(6-4-16)23-9-10-24-17;13-9-10(5-6-12-9)1-3-11(4-2-10)14-7-8-15-11/h1-2,11H,3-10H2;1-8H2,(H,12,13). The van der Waals surface area contributed by atoms with E-state index in [9.17, 15) is 18.4 Å². The summed E-state index contributed by atoms with van der Waals surface area (Å²) in [6.45, 7) is 4.03. The predicted octanol–water partition coefficient (Wildman–Crippen LogP) is 3.86. The van der Waals surface area contributed by atoms with Gasteiger partial charge in [0.05, 0.1) is 37.3 Å². The molecule has 2 saturated carbocycles. The first-order chi connectivity index (χ1) is 19.7. The number of anilines is 1. The second kappa shape index (κ2) is 9.75. The minimum Gasteiger partial charge on any atom is -0.395 e. The van der Waals surface area contributed by atoms with E-state index < -0.39 is 17.5 Å². The zero-order valence-corrected chi connectivity index (χ0v) is 23.0. The monoisotopic (exact) mass is 578 g/mol. The van der Waals surface area contributed by atoms with Crippen molar-refractivity contribution in [3.05, 3.63) is 18.2 Å². The number of carbonyl (C=O) groups is 2. The SMILES string of the molecule is O=C1N(c2ccc3c(c2)OC(F)(F)O3)CCC12CCC1(CC2)OCCO1.O=C1NCCC12CCC1(CC2)OCCO1. The normalized spacial score (nSPS) is 29.4. The van der Waals surface area contributed by atoms with Crippen molar-refractivity contribution in [2.24, 2.45) is 10.8 Å². The topological polar surface area (TPSA) is 105 Å². The van der Waals surface area contributed by atoms with E-state index in [0.29, 0.717) is 64.3 Å². The van der Waals surface area contributed by atoms with E-state index in [1.807, 2.05) is 0 Å². The van der Waals surface area contributed by atoms with Crippen LogP contribution in [0.5, 0.6) is 11.5 Å². The van der Waals surface area contributed by atoms with Gasteiger partial charge in [0, 0.05) is 50.5 Å². The molecule has 7 aliphatic rings. The van der Waals surface area contributed by atoms with Gasteiger partial charge in [0.15, 0.2) is 23.1 Å². The van der Waals surface area contributed by atoms with Gasteiger partial charge in [-0.1, -0.05) is 0 Å². The first-order valence-corrected chi connectivity index (χ1v) is 14.7. The predicted molar refractivity (Wildman–Crippen MR) is 138 cm³/mol. The molecule has 224 valence electrons. The molecule has 1 N–H and O–H groups in total. The Labute approximate surface area is 236 Å². The fraction of sp³-hybridized carbons (Fsp3) is 0.724. The van der Waals surface area contributed by atoms with E-state index in [1.165, 1.54) is 12.1 Å². The summed E-state index contributed by atoms with van der Waals surface area (Å²) in [5.41, 5.74) is 0.0436. The largest absolute Gasteiger partial charge is 0.586 e. The van der Waals surface area contributed by atoms with Crippen LogP contribution in [0.2, 0.25) is 0 Å². The smallest absolute Gasteiger partial charge is 0.395 e. The van der Waals surface area contributed by atoms with Crippen LogP contribution in [0.4, 0.5) is 14.5 Å². The Morgan fingerprint density at radius 3 is 1.80 bits per heavy atom. The molecule has 1 aromatic rings. The van der Waals surface area contributed by atoms with Gasteiger partial charge in [-0.2, -0.15) is 0 Å². The van der Waals surface area contributed by atoms with Crippen LogP contribution in [0.25, 0.3) is 0 Å². The molecule has 1 aromatic carbocycles. The lowest BCUT2D eigenvalue weighted by Crippen LogP contribution is -2.44. The fourth-order valence-electron chi connectivity index (χ4n) is 7.62. The molecule has 6 fully saturated rings. The molecule has 4 saturated heterocycles. The summed E-state index contributed by atoms with van der Waals surface area (Å²) in [4.78, 5) is 26.6. The van der Waals surface area contributed by atoms with Gasteiger partial charge < -0.3 is 38.6 Å². The maximum absolute atomic E-state index is 13.2. The number of alkyl halides is 2. The molecule has 0 bridgehead atoms. The molecule has 12 heteroatoms. The van der Waals surface area contributed by atoms with Crippen LogP contribution < -0.4 is 19.7 Å². The first kappa shape index (κ1) is 27.3. The summed E-state index contributed by atoms with van der Waals surface area (Å²) < 4.78 is 58.2. The van der Waals surface area contributed by atoms with Crippen LogP contribution in [0.1, 0.15) is 64.2 Å². The van der Waals surface area contributed by atoms with E-state index in [4.69, 9.17) is 18.9 Å². The van der Waals surface area contributed by atoms with Crippen LogP contribution in [-0.4, -0.2) is 69.2 Å². The summed E-state index contributed by atoms with van der Waals surface area (Å²) in [5.74, 6) is -0.629. The maximum atomic E-state index is 13.2. The third-order valence-electron chi connectivity index (χ3n) is 10.1. The number of benzene rings is 1. The van der Waals surface area contributed by atoms with Gasteiger partial charge in [-0.25, -0.2) is 0 Å². The molecule has 8 rings (SSSR count). The van der Waals surface area contributed by atoms with E-state index >= 15 is 0 Å². The maximum Gasteiger partial charge on any atom is 0.586 e. The van der Waals surface area contributed by atoms with Crippen LogP contribution in [0.3, 0.4) is 0 Å². The Bertz CT molecular complexity index is 1190. The van der Waals surface area contributed by atoms with Crippen LogP contribution in [0, 0.1) is 10.8 Å². The average molecular weight is 579 g/mol. The Morgan fingerprint density at radius 1 is 0.683 bits per heavy atom. The number of hydrogen-bond donors (Lipinski definition) is 1. The van der Waals surface area contributed by atoms with Crippen molar-refractivity contribution in [3.8, 4) is 11.5 Å². The molecule has 5 heterocycles. The molecular formula is C29H36F2N2O8. The van der Waals surface area contributed by atoms with Gasteiger partial charge in [0.1, 0.15) is 0 Å². The number of nitrogens with one attached hydrogen (secondary N) is 1. The number of nitrogens with zero attached hydrogens (tertiary/aromatic N) is 1. The van der Waals surface area contributed by atoms with Gasteiger partial charge in [-0.05, 0) is 50.7 Å². The number of fused-ring (bicyclic) bond motifs is 1. The highest BCUT2D eigenvalue weighted by atomic mass is 19.3. The van der Waals surface area contributed by atoms with Crippen LogP contribution in [0.15, 0.2) is 18.2 Å². The van der Waals surface area contributed by atoms with Crippen molar-refractivity contribution in [1.29, 1.82) is 0 Å². The summed E-state index contributed by atoms with van der Waals surface area (Å²) in [6.07, 6.45) is 4.50. The number of ether oxygens (including phenoxy) is 6. The molecule has 0 aromatic heterocycles. The second-order valence-corrected chi connectivity index (χ2v) is 12.3. The van der Waals surface area contributed by atoms with E-state index in [0.717, 1.165) is 45.1 Å². The molecule has 2 aliphatic carbocycles.